The summed E-state index contributed by atoms with van der Waals surface area (Å²) in [6.45, 7) is 4.00. The molecule has 90 valence electrons. The largest absolute Gasteiger partial charge is 0.465 e. The van der Waals surface area contributed by atoms with Gasteiger partial charge >= 0.3 is 5.97 Å². The fourth-order valence-corrected chi connectivity index (χ4v) is 1.62. The van der Waals surface area contributed by atoms with E-state index in [1.165, 1.54) is 7.11 Å². The Kier molecular flexibility index (Phi) is 4.52. The molecule has 0 amide bonds. The molecule has 0 saturated carbocycles. The van der Waals surface area contributed by atoms with Gasteiger partial charge < -0.3 is 10.5 Å². The number of carbonyl (C=O) groups excluding carboxylic acids is 1. The topological polar surface area (TPSA) is 52.3 Å². The van der Waals surface area contributed by atoms with Crippen molar-refractivity contribution in [3.63, 3.8) is 0 Å². The SMILES string of the molecule is CC.COC(=O)c1cccc2c(N)cccc12. The Morgan fingerprint density at radius 2 is 1.65 bits per heavy atom. The number of nitrogen functional groups attached to an aromatic ring is 1. The van der Waals surface area contributed by atoms with Crippen molar-refractivity contribution in [2.45, 2.75) is 13.8 Å². The lowest BCUT2D eigenvalue weighted by Crippen LogP contribution is -2.02. The van der Waals surface area contributed by atoms with Crippen LogP contribution in [0.3, 0.4) is 0 Å². The molecular formula is C14H17NO2. The Morgan fingerprint density at radius 3 is 2.29 bits per heavy atom. The highest BCUT2D eigenvalue weighted by Gasteiger charge is 2.10. The Hall–Kier alpha value is -2.03. The fraction of sp³-hybridized carbons (Fsp3) is 0.214. The molecular weight excluding hydrogens is 214 g/mol. The molecule has 0 aliphatic carbocycles. The summed E-state index contributed by atoms with van der Waals surface area (Å²) in [6.07, 6.45) is 0. The van der Waals surface area contributed by atoms with Crippen LogP contribution < -0.4 is 5.73 Å². The first-order valence-corrected chi connectivity index (χ1v) is 5.59. The van der Waals surface area contributed by atoms with Crippen LogP contribution in [0.1, 0.15) is 24.2 Å². The number of methoxy groups -OCH3 is 1. The number of ether oxygens (including phenoxy) is 1. The molecule has 3 nitrogen and oxygen atoms in total. The summed E-state index contributed by atoms with van der Waals surface area (Å²) in [4.78, 5) is 11.5. The Balaban J connectivity index is 0.000000686. The molecule has 2 rings (SSSR count). The van der Waals surface area contributed by atoms with E-state index >= 15 is 0 Å². The van der Waals surface area contributed by atoms with Crippen molar-refractivity contribution in [3.8, 4) is 0 Å². The standard InChI is InChI=1S/C12H11NO2.C2H6/c1-15-12(14)10-6-2-5-9-8(10)4-3-7-11(9)13;1-2/h2-7H,13H2,1H3;1-2H3. The zero-order valence-electron chi connectivity index (χ0n) is 10.4. The van der Waals surface area contributed by atoms with Gasteiger partial charge in [0.15, 0.2) is 0 Å². The predicted octanol–water partition coefficient (Wildman–Crippen LogP) is 3.23. The first kappa shape index (κ1) is 13.0. The van der Waals surface area contributed by atoms with Gasteiger partial charge in [0.05, 0.1) is 12.7 Å². The fourth-order valence-electron chi connectivity index (χ4n) is 1.62. The van der Waals surface area contributed by atoms with Crippen molar-refractivity contribution < 1.29 is 9.53 Å². The van der Waals surface area contributed by atoms with Gasteiger partial charge in [-0.1, -0.05) is 38.1 Å². The highest BCUT2D eigenvalue weighted by molar-refractivity contribution is 6.07. The summed E-state index contributed by atoms with van der Waals surface area (Å²) in [6, 6.07) is 10.9. The highest BCUT2D eigenvalue weighted by Crippen LogP contribution is 2.24. The van der Waals surface area contributed by atoms with Gasteiger partial charge in [0.25, 0.3) is 0 Å². The minimum atomic E-state index is -0.341. The van der Waals surface area contributed by atoms with Crippen LogP contribution in [0.5, 0.6) is 0 Å². The number of esters is 1. The smallest absolute Gasteiger partial charge is 0.338 e. The van der Waals surface area contributed by atoms with Crippen LogP contribution in [0, 0.1) is 0 Å². The maximum absolute atomic E-state index is 11.5. The quantitative estimate of drug-likeness (QED) is 0.605. The van der Waals surface area contributed by atoms with Crippen molar-refractivity contribution in [3.05, 3.63) is 42.0 Å². The van der Waals surface area contributed by atoms with E-state index in [-0.39, 0.29) is 5.97 Å². The predicted molar refractivity (Wildman–Crippen MR) is 71.0 cm³/mol. The molecule has 0 bridgehead atoms. The van der Waals surface area contributed by atoms with Gasteiger partial charge in [-0.3, -0.25) is 0 Å². The molecule has 3 heteroatoms. The van der Waals surface area contributed by atoms with E-state index in [9.17, 15) is 4.79 Å². The number of rotatable bonds is 1. The number of benzene rings is 2. The average Bonchev–Trinajstić information content (AvgIpc) is 2.40. The summed E-state index contributed by atoms with van der Waals surface area (Å²) in [5.74, 6) is -0.341. The van der Waals surface area contributed by atoms with E-state index in [1.807, 2.05) is 38.1 Å². The van der Waals surface area contributed by atoms with Crippen LogP contribution in [0.15, 0.2) is 36.4 Å². The summed E-state index contributed by atoms with van der Waals surface area (Å²) < 4.78 is 4.70. The van der Waals surface area contributed by atoms with E-state index in [0.717, 1.165) is 10.8 Å². The first-order chi connectivity index (χ1) is 8.24. The number of fused-ring (bicyclic) bond motifs is 1. The molecule has 0 fully saturated rings. The normalized spacial score (nSPS) is 9.35. The third-order valence-corrected chi connectivity index (χ3v) is 2.36. The van der Waals surface area contributed by atoms with Gasteiger partial charge in [0, 0.05) is 11.1 Å². The van der Waals surface area contributed by atoms with Crippen LogP contribution in [-0.4, -0.2) is 13.1 Å². The van der Waals surface area contributed by atoms with Crippen molar-refractivity contribution >= 4 is 22.4 Å². The molecule has 0 heterocycles. The summed E-state index contributed by atoms with van der Waals surface area (Å²) in [7, 11) is 1.37. The second-order valence-corrected chi connectivity index (χ2v) is 3.24. The zero-order valence-corrected chi connectivity index (χ0v) is 10.4. The lowest BCUT2D eigenvalue weighted by molar-refractivity contribution is 0.0603. The minimum absolute atomic E-state index is 0.341. The van der Waals surface area contributed by atoms with Gasteiger partial charge in [0.1, 0.15) is 0 Å². The first-order valence-electron chi connectivity index (χ1n) is 5.59. The van der Waals surface area contributed by atoms with E-state index in [0.29, 0.717) is 11.3 Å². The molecule has 0 saturated heterocycles. The molecule has 0 aliphatic rings. The van der Waals surface area contributed by atoms with Crippen LogP contribution in [0.4, 0.5) is 5.69 Å². The monoisotopic (exact) mass is 231 g/mol. The number of hydrogen-bond acceptors (Lipinski definition) is 3. The van der Waals surface area contributed by atoms with Gasteiger partial charge in [-0.25, -0.2) is 4.79 Å². The molecule has 0 radical (unpaired) electrons. The molecule has 0 unspecified atom stereocenters. The Bertz CT molecular complexity index is 521. The lowest BCUT2D eigenvalue weighted by Gasteiger charge is -2.06. The van der Waals surface area contributed by atoms with Crippen LogP contribution >= 0.6 is 0 Å². The molecule has 2 aromatic carbocycles. The summed E-state index contributed by atoms with van der Waals surface area (Å²) in [5, 5.41) is 1.70. The van der Waals surface area contributed by atoms with Gasteiger partial charge in [0.2, 0.25) is 0 Å². The van der Waals surface area contributed by atoms with E-state index < -0.39 is 0 Å². The summed E-state index contributed by atoms with van der Waals surface area (Å²) >= 11 is 0. The van der Waals surface area contributed by atoms with Crippen LogP contribution in [-0.2, 0) is 4.74 Å². The summed E-state index contributed by atoms with van der Waals surface area (Å²) in [5.41, 5.74) is 7.02. The minimum Gasteiger partial charge on any atom is -0.465 e. The van der Waals surface area contributed by atoms with Crippen molar-refractivity contribution in [1.82, 2.24) is 0 Å². The van der Waals surface area contributed by atoms with Crippen molar-refractivity contribution in [1.29, 1.82) is 0 Å². The molecule has 0 atom stereocenters. The lowest BCUT2D eigenvalue weighted by atomic mass is 10.0. The highest BCUT2D eigenvalue weighted by atomic mass is 16.5. The third kappa shape index (κ3) is 2.56. The van der Waals surface area contributed by atoms with Crippen LogP contribution in [0.25, 0.3) is 10.8 Å². The van der Waals surface area contributed by atoms with E-state index in [2.05, 4.69) is 0 Å². The second kappa shape index (κ2) is 5.89. The van der Waals surface area contributed by atoms with E-state index in [1.54, 1.807) is 12.1 Å². The molecule has 0 aromatic heterocycles. The average molecular weight is 231 g/mol. The number of anilines is 1. The van der Waals surface area contributed by atoms with Crippen molar-refractivity contribution in [2.75, 3.05) is 12.8 Å². The van der Waals surface area contributed by atoms with Gasteiger partial charge in [-0.05, 0) is 17.5 Å². The maximum Gasteiger partial charge on any atom is 0.338 e. The Labute approximate surface area is 101 Å². The van der Waals surface area contributed by atoms with E-state index in [4.69, 9.17) is 10.5 Å². The number of nitrogens with two attached hydrogens (primary N) is 1. The second-order valence-electron chi connectivity index (χ2n) is 3.24. The van der Waals surface area contributed by atoms with Gasteiger partial charge in [-0.2, -0.15) is 0 Å². The number of hydrogen-bond donors (Lipinski definition) is 1. The zero-order chi connectivity index (χ0) is 12.8. The molecule has 0 spiro atoms. The molecule has 0 aliphatic heterocycles. The third-order valence-electron chi connectivity index (χ3n) is 2.36. The maximum atomic E-state index is 11.5. The molecule has 2 N–H and O–H groups in total. The molecule has 2 aromatic rings. The van der Waals surface area contributed by atoms with Crippen molar-refractivity contribution in [2.24, 2.45) is 0 Å². The molecule has 17 heavy (non-hydrogen) atoms. The van der Waals surface area contributed by atoms with Gasteiger partial charge in [-0.15, -0.1) is 0 Å². The Morgan fingerprint density at radius 1 is 1.06 bits per heavy atom. The van der Waals surface area contributed by atoms with Crippen LogP contribution in [0.2, 0.25) is 0 Å². The number of carbonyl (C=O) groups is 1.